The maximum absolute atomic E-state index is 13.7. The molecule has 0 aromatic heterocycles. The number of halogens is 2. The molecule has 0 aliphatic carbocycles. The van der Waals surface area contributed by atoms with Crippen molar-refractivity contribution in [3.05, 3.63) is 64.4 Å². The molecule has 0 saturated heterocycles. The number of benzene rings is 2. The summed E-state index contributed by atoms with van der Waals surface area (Å²) in [4.78, 5) is 4.60. The molecule has 1 nitrogen and oxygen atoms in total. The summed E-state index contributed by atoms with van der Waals surface area (Å²) in [7, 11) is 0. The summed E-state index contributed by atoms with van der Waals surface area (Å²) in [5.74, 6) is 1.15. The molecule has 0 unspecified atom stereocenters. The molecule has 1 aliphatic rings. The number of nitrogens with zero attached hydrogens (tertiary/aromatic N) is 1. The van der Waals surface area contributed by atoms with Crippen LogP contribution in [0.25, 0.3) is 0 Å². The van der Waals surface area contributed by atoms with Gasteiger partial charge in [-0.25, -0.2) is 9.38 Å². The summed E-state index contributed by atoms with van der Waals surface area (Å²) in [5, 5.41) is 0.472. The van der Waals surface area contributed by atoms with Gasteiger partial charge >= 0.3 is 0 Å². The highest BCUT2D eigenvalue weighted by Crippen LogP contribution is 2.36. The Kier molecular flexibility index (Phi) is 4.34. The van der Waals surface area contributed by atoms with Crippen LogP contribution in [0.4, 0.5) is 10.1 Å². The molecule has 2 aromatic rings. The van der Waals surface area contributed by atoms with Crippen molar-refractivity contribution < 1.29 is 4.39 Å². The molecule has 1 heterocycles. The predicted octanol–water partition coefficient (Wildman–Crippen LogP) is 5.65. The van der Waals surface area contributed by atoms with Crippen LogP contribution < -0.4 is 0 Å². The Morgan fingerprint density at radius 2 is 2.05 bits per heavy atom. The number of para-hydroxylation sites is 1. The van der Waals surface area contributed by atoms with Gasteiger partial charge in [0, 0.05) is 22.1 Å². The van der Waals surface area contributed by atoms with Gasteiger partial charge in [0.2, 0.25) is 0 Å². The van der Waals surface area contributed by atoms with E-state index in [0.717, 1.165) is 15.8 Å². The molecule has 0 bridgehead atoms. The lowest BCUT2D eigenvalue weighted by Gasteiger charge is -2.14. The molecule has 0 spiro atoms. The van der Waals surface area contributed by atoms with Crippen molar-refractivity contribution in [2.75, 3.05) is 0 Å². The van der Waals surface area contributed by atoms with Crippen LogP contribution in [0.1, 0.15) is 11.1 Å². The average Bonchev–Trinajstić information content (AvgIpc) is 2.46. The number of aliphatic imine (C=N–C) groups is 1. The van der Waals surface area contributed by atoms with Crippen molar-refractivity contribution in [2.24, 2.45) is 4.99 Å². The Morgan fingerprint density at radius 1 is 1.20 bits per heavy atom. The van der Waals surface area contributed by atoms with Crippen molar-refractivity contribution in [3.8, 4) is 0 Å². The third-order valence-electron chi connectivity index (χ3n) is 2.96. The van der Waals surface area contributed by atoms with Gasteiger partial charge in [-0.15, -0.1) is 0 Å². The molecular weight excluding hydrogens is 313 g/mol. The largest absolute Gasteiger partial charge is 0.235 e. The van der Waals surface area contributed by atoms with Crippen molar-refractivity contribution in [1.29, 1.82) is 0 Å². The maximum Gasteiger partial charge on any atom is 0.131 e. The quantitative estimate of drug-likeness (QED) is 0.708. The summed E-state index contributed by atoms with van der Waals surface area (Å²) in [6, 6.07) is 12.9. The minimum absolute atomic E-state index is 0.258. The molecule has 20 heavy (non-hydrogen) atoms. The molecule has 3 rings (SSSR count). The highest BCUT2D eigenvalue weighted by molar-refractivity contribution is 8.38. The Balaban J connectivity index is 1.76. The van der Waals surface area contributed by atoms with Crippen LogP contribution in [-0.2, 0) is 11.5 Å². The van der Waals surface area contributed by atoms with Crippen LogP contribution >= 0.6 is 35.1 Å². The van der Waals surface area contributed by atoms with Gasteiger partial charge in [0.25, 0.3) is 0 Å². The normalized spacial score (nSPS) is 13.8. The zero-order valence-corrected chi connectivity index (χ0v) is 12.9. The fourth-order valence-electron chi connectivity index (χ4n) is 1.89. The summed E-state index contributed by atoms with van der Waals surface area (Å²) in [6.07, 6.45) is 0. The summed E-state index contributed by atoms with van der Waals surface area (Å²) < 4.78 is 14.7. The van der Waals surface area contributed by atoms with Crippen molar-refractivity contribution in [1.82, 2.24) is 0 Å². The van der Waals surface area contributed by atoms with Crippen LogP contribution in [0.15, 0.2) is 47.5 Å². The van der Waals surface area contributed by atoms with E-state index in [9.17, 15) is 4.39 Å². The first kappa shape index (κ1) is 14.0. The number of hydrogen-bond acceptors (Lipinski definition) is 3. The van der Waals surface area contributed by atoms with Crippen LogP contribution in [0.5, 0.6) is 0 Å². The fraction of sp³-hybridized carbons (Fsp3) is 0.133. The van der Waals surface area contributed by atoms with E-state index < -0.39 is 0 Å². The molecule has 5 heteroatoms. The third kappa shape index (κ3) is 3.03. The molecule has 0 radical (unpaired) electrons. The molecule has 0 atom stereocenters. The van der Waals surface area contributed by atoms with E-state index in [-0.39, 0.29) is 5.82 Å². The van der Waals surface area contributed by atoms with Gasteiger partial charge in [0.15, 0.2) is 0 Å². The highest BCUT2D eigenvalue weighted by Gasteiger charge is 2.14. The molecular formula is C15H11ClFNS2. The van der Waals surface area contributed by atoms with Crippen molar-refractivity contribution >= 4 is 45.2 Å². The van der Waals surface area contributed by atoms with Gasteiger partial charge in [-0.2, -0.15) is 0 Å². The second-order valence-corrected chi connectivity index (χ2v) is 6.88. The van der Waals surface area contributed by atoms with Crippen LogP contribution in [0.3, 0.4) is 0 Å². The van der Waals surface area contributed by atoms with Crippen molar-refractivity contribution in [3.63, 3.8) is 0 Å². The minimum Gasteiger partial charge on any atom is -0.235 e. The lowest BCUT2D eigenvalue weighted by atomic mass is 10.2. The third-order valence-corrected chi connectivity index (χ3v) is 5.58. The van der Waals surface area contributed by atoms with E-state index in [1.807, 2.05) is 18.2 Å². The summed E-state index contributed by atoms with van der Waals surface area (Å²) >= 11 is 9.24. The molecule has 0 amide bonds. The molecule has 102 valence electrons. The maximum atomic E-state index is 13.7. The number of hydrogen-bond donors (Lipinski definition) is 0. The van der Waals surface area contributed by atoms with Gasteiger partial charge in [0.05, 0.1) is 5.69 Å². The first-order valence-electron chi connectivity index (χ1n) is 6.09. The Bertz CT molecular complexity index is 652. The van der Waals surface area contributed by atoms with E-state index in [1.165, 1.54) is 23.4 Å². The smallest absolute Gasteiger partial charge is 0.131 e. The van der Waals surface area contributed by atoms with Crippen LogP contribution in [0, 0.1) is 5.82 Å². The number of thioether (sulfide) groups is 2. The topological polar surface area (TPSA) is 12.4 Å². The molecule has 0 saturated carbocycles. The first-order valence-corrected chi connectivity index (χ1v) is 8.44. The second kappa shape index (κ2) is 6.20. The fourth-order valence-corrected chi connectivity index (χ4v) is 4.30. The minimum atomic E-state index is -0.258. The monoisotopic (exact) mass is 323 g/mol. The van der Waals surface area contributed by atoms with E-state index in [4.69, 9.17) is 11.6 Å². The summed E-state index contributed by atoms with van der Waals surface area (Å²) in [6.45, 7) is 0. The van der Waals surface area contributed by atoms with E-state index >= 15 is 0 Å². The SMILES string of the molecule is Fc1cccc(Cl)c1CSC1=Nc2ccccc2CS1. The Hall–Kier alpha value is -0.970. The van der Waals surface area contributed by atoms with E-state index in [0.29, 0.717) is 16.3 Å². The zero-order chi connectivity index (χ0) is 13.9. The van der Waals surface area contributed by atoms with Gasteiger partial charge in [-0.3, -0.25) is 0 Å². The average molecular weight is 324 g/mol. The Morgan fingerprint density at radius 3 is 2.90 bits per heavy atom. The predicted molar refractivity (Wildman–Crippen MR) is 87.5 cm³/mol. The molecule has 1 aliphatic heterocycles. The standard InChI is InChI=1S/C15H11ClFNS2/c16-12-5-3-6-13(17)11(12)9-20-15-18-14-7-2-1-4-10(14)8-19-15/h1-7H,8-9H2. The second-order valence-electron chi connectivity index (χ2n) is 4.28. The first-order chi connectivity index (χ1) is 9.74. The molecule has 0 N–H and O–H groups in total. The summed E-state index contributed by atoms with van der Waals surface area (Å²) in [5.41, 5.74) is 2.79. The van der Waals surface area contributed by atoms with Gasteiger partial charge in [-0.1, -0.05) is 59.4 Å². The van der Waals surface area contributed by atoms with Crippen molar-refractivity contribution in [2.45, 2.75) is 11.5 Å². The van der Waals surface area contributed by atoms with Gasteiger partial charge in [-0.05, 0) is 23.8 Å². The molecule has 2 aromatic carbocycles. The lowest BCUT2D eigenvalue weighted by Crippen LogP contribution is -1.97. The highest BCUT2D eigenvalue weighted by atomic mass is 35.5. The van der Waals surface area contributed by atoms with Gasteiger partial charge in [0.1, 0.15) is 10.2 Å². The van der Waals surface area contributed by atoms with E-state index in [2.05, 4.69) is 11.1 Å². The van der Waals surface area contributed by atoms with Gasteiger partial charge < -0.3 is 0 Å². The lowest BCUT2D eigenvalue weighted by molar-refractivity contribution is 0.617. The Labute approximate surface area is 130 Å². The zero-order valence-electron chi connectivity index (χ0n) is 10.5. The number of fused-ring (bicyclic) bond motifs is 1. The van der Waals surface area contributed by atoms with Crippen LogP contribution in [-0.4, -0.2) is 4.38 Å². The van der Waals surface area contributed by atoms with E-state index in [1.54, 1.807) is 23.9 Å². The molecule has 0 fully saturated rings. The number of rotatable bonds is 2. The van der Waals surface area contributed by atoms with Crippen LogP contribution in [0.2, 0.25) is 5.02 Å².